The molecule has 3 aromatic carbocycles. The molecular formula is C25H27NO. The zero-order valence-electron chi connectivity index (χ0n) is 15.7. The number of hydrogen-bond donors (Lipinski definition) is 1. The van der Waals surface area contributed by atoms with Gasteiger partial charge in [0.2, 0.25) is 0 Å². The summed E-state index contributed by atoms with van der Waals surface area (Å²) in [6.45, 7) is 1.00. The molecule has 5 rings (SSSR count). The molecule has 0 radical (unpaired) electrons. The average Bonchev–Trinajstić information content (AvgIpc) is 2.69. The Morgan fingerprint density at radius 3 is 2.22 bits per heavy atom. The van der Waals surface area contributed by atoms with Crippen LogP contribution in [0.25, 0.3) is 10.8 Å². The topological polar surface area (TPSA) is 23.5 Å². The van der Waals surface area contributed by atoms with Gasteiger partial charge >= 0.3 is 0 Å². The van der Waals surface area contributed by atoms with Crippen molar-refractivity contribution in [2.45, 2.75) is 56.3 Å². The lowest BCUT2D eigenvalue weighted by atomic mass is 9.72. The molecule has 0 spiro atoms. The van der Waals surface area contributed by atoms with E-state index in [1.807, 2.05) is 0 Å². The molecule has 3 aromatic rings. The molecule has 1 N–H and O–H groups in total. The molecule has 0 aliphatic carbocycles. The van der Waals surface area contributed by atoms with Crippen molar-refractivity contribution >= 4 is 10.8 Å². The third-order valence-electron chi connectivity index (χ3n) is 6.65. The Balaban J connectivity index is 1.44. The van der Waals surface area contributed by atoms with Gasteiger partial charge in [0.25, 0.3) is 0 Å². The third-order valence-corrected chi connectivity index (χ3v) is 6.65. The molecule has 0 aromatic heterocycles. The van der Waals surface area contributed by atoms with Gasteiger partial charge in [-0.25, -0.2) is 0 Å². The fraction of sp³-hybridized carbons (Fsp3) is 0.360. The molecule has 2 heteroatoms. The Hall–Kier alpha value is -2.16. The quantitative estimate of drug-likeness (QED) is 0.692. The summed E-state index contributed by atoms with van der Waals surface area (Å²) in [7, 11) is 0. The predicted octanol–water partition coefficient (Wildman–Crippen LogP) is 5.24. The zero-order chi connectivity index (χ0) is 18.3. The number of piperidine rings is 2. The molecule has 2 unspecified atom stereocenters. The first-order valence-electron chi connectivity index (χ1n) is 10.2. The molecule has 2 fully saturated rings. The van der Waals surface area contributed by atoms with E-state index < -0.39 is 5.60 Å². The summed E-state index contributed by atoms with van der Waals surface area (Å²) >= 11 is 0. The van der Waals surface area contributed by atoms with Crippen LogP contribution in [0.15, 0.2) is 72.8 Å². The molecular weight excluding hydrogens is 330 g/mol. The SMILES string of the molecule is OC1(c2ccc3ccccc3c2)CC2CCCC(C1)N2Cc1ccccc1. The van der Waals surface area contributed by atoms with E-state index in [1.54, 1.807) is 0 Å². The molecule has 2 atom stereocenters. The molecule has 2 bridgehead atoms. The van der Waals surface area contributed by atoms with Crippen molar-refractivity contribution in [3.8, 4) is 0 Å². The highest BCUT2D eigenvalue weighted by Gasteiger charge is 2.46. The third kappa shape index (κ3) is 3.18. The summed E-state index contributed by atoms with van der Waals surface area (Å²) < 4.78 is 0. The van der Waals surface area contributed by atoms with Gasteiger partial charge in [0.15, 0.2) is 0 Å². The summed E-state index contributed by atoms with van der Waals surface area (Å²) in [4.78, 5) is 2.66. The van der Waals surface area contributed by atoms with Crippen LogP contribution in [0.1, 0.15) is 43.2 Å². The van der Waals surface area contributed by atoms with Crippen LogP contribution in [0.5, 0.6) is 0 Å². The molecule has 2 aliphatic heterocycles. The molecule has 27 heavy (non-hydrogen) atoms. The van der Waals surface area contributed by atoms with E-state index in [4.69, 9.17) is 0 Å². The molecule has 2 saturated heterocycles. The molecule has 2 nitrogen and oxygen atoms in total. The fourth-order valence-electron chi connectivity index (χ4n) is 5.29. The molecule has 2 aliphatic rings. The Bertz CT molecular complexity index is 921. The lowest BCUT2D eigenvalue weighted by Gasteiger charge is -2.52. The van der Waals surface area contributed by atoms with Crippen LogP contribution in [-0.4, -0.2) is 22.1 Å². The summed E-state index contributed by atoms with van der Waals surface area (Å²) in [5.74, 6) is 0. The number of nitrogens with zero attached hydrogens (tertiary/aromatic N) is 1. The summed E-state index contributed by atoms with van der Waals surface area (Å²) in [5, 5.41) is 14.1. The summed E-state index contributed by atoms with van der Waals surface area (Å²) in [6, 6.07) is 26.7. The van der Waals surface area contributed by atoms with Gasteiger partial charge in [-0.05, 0) is 53.6 Å². The second-order valence-corrected chi connectivity index (χ2v) is 8.40. The molecule has 138 valence electrons. The summed E-state index contributed by atoms with van der Waals surface area (Å²) in [6.07, 6.45) is 5.36. The van der Waals surface area contributed by atoms with Crippen molar-refractivity contribution in [3.63, 3.8) is 0 Å². The summed E-state index contributed by atoms with van der Waals surface area (Å²) in [5.41, 5.74) is 1.77. The van der Waals surface area contributed by atoms with Gasteiger partial charge in [0, 0.05) is 18.6 Å². The Morgan fingerprint density at radius 2 is 1.48 bits per heavy atom. The maximum atomic E-state index is 11.7. The standard InChI is InChI=1S/C25H27NO/c27-25(22-14-13-20-9-4-5-10-21(20)15-22)16-23-11-6-12-24(17-25)26(23)18-19-7-2-1-3-8-19/h1-5,7-10,13-15,23-24,27H,6,11-12,16-18H2. The van der Waals surface area contributed by atoms with Gasteiger partial charge in [-0.15, -0.1) is 0 Å². The number of fused-ring (bicyclic) bond motifs is 3. The predicted molar refractivity (Wildman–Crippen MR) is 110 cm³/mol. The Labute approximate surface area is 161 Å². The monoisotopic (exact) mass is 357 g/mol. The van der Waals surface area contributed by atoms with E-state index in [2.05, 4.69) is 77.7 Å². The van der Waals surface area contributed by atoms with Gasteiger partial charge in [-0.1, -0.05) is 73.2 Å². The van der Waals surface area contributed by atoms with Crippen molar-refractivity contribution in [2.75, 3.05) is 0 Å². The maximum Gasteiger partial charge on any atom is 0.0926 e. The highest BCUT2D eigenvalue weighted by Crippen LogP contribution is 2.45. The first kappa shape index (κ1) is 17.0. The number of rotatable bonds is 3. The fourth-order valence-corrected chi connectivity index (χ4v) is 5.29. The van der Waals surface area contributed by atoms with Crippen molar-refractivity contribution in [1.29, 1.82) is 0 Å². The van der Waals surface area contributed by atoms with E-state index in [0.29, 0.717) is 12.1 Å². The first-order valence-corrected chi connectivity index (χ1v) is 10.2. The Morgan fingerprint density at radius 1 is 0.815 bits per heavy atom. The van der Waals surface area contributed by atoms with Crippen LogP contribution in [-0.2, 0) is 12.1 Å². The minimum absolute atomic E-state index is 0.467. The highest BCUT2D eigenvalue weighted by atomic mass is 16.3. The molecule has 0 saturated carbocycles. The van der Waals surface area contributed by atoms with Crippen molar-refractivity contribution in [2.24, 2.45) is 0 Å². The number of aliphatic hydroxyl groups is 1. The molecule has 2 heterocycles. The highest BCUT2D eigenvalue weighted by molar-refractivity contribution is 5.83. The average molecular weight is 357 g/mol. The van der Waals surface area contributed by atoms with E-state index in [0.717, 1.165) is 24.9 Å². The zero-order valence-corrected chi connectivity index (χ0v) is 15.7. The van der Waals surface area contributed by atoms with Gasteiger partial charge in [0.1, 0.15) is 0 Å². The largest absolute Gasteiger partial charge is 0.385 e. The van der Waals surface area contributed by atoms with Crippen LogP contribution in [0.2, 0.25) is 0 Å². The van der Waals surface area contributed by atoms with Crippen molar-refractivity contribution < 1.29 is 5.11 Å². The minimum atomic E-state index is -0.701. The van der Waals surface area contributed by atoms with Crippen LogP contribution >= 0.6 is 0 Å². The lowest BCUT2D eigenvalue weighted by molar-refractivity contribution is -0.0998. The van der Waals surface area contributed by atoms with Gasteiger partial charge in [-0.3, -0.25) is 4.90 Å². The number of benzene rings is 3. The first-order chi connectivity index (χ1) is 13.2. The normalized spacial score (nSPS) is 28.3. The van der Waals surface area contributed by atoms with Crippen LogP contribution in [0, 0.1) is 0 Å². The molecule has 0 amide bonds. The van der Waals surface area contributed by atoms with E-state index in [1.165, 1.54) is 35.6 Å². The maximum absolute atomic E-state index is 11.7. The lowest BCUT2D eigenvalue weighted by Crippen LogP contribution is -2.56. The van der Waals surface area contributed by atoms with Crippen molar-refractivity contribution in [3.05, 3.63) is 83.9 Å². The van der Waals surface area contributed by atoms with E-state index in [-0.39, 0.29) is 0 Å². The van der Waals surface area contributed by atoms with Gasteiger partial charge in [0.05, 0.1) is 5.60 Å². The second kappa shape index (κ2) is 6.78. The van der Waals surface area contributed by atoms with Crippen LogP contribution in [0.3, 0.4) is 0 Å². The van der Waals surface area contributed by atoms with Gasteiger partial charge in [-0.2, -0.15) is 0 Å². The second-order valence-electron chi connectivity index (χ2n) is 8.40. The smallest absolute Gasteiger partial charge is 0.0926 e. The van der Waals surface area contributed by atoms with Gasteiger partial charge < -0.3 is 5.11 Å². The number of hydrogen-bond acceptors (Lipinski definition) is 2. The van der Waals surface area contributed by atoms with E-state index >= 15 is 0 Å². The van der Waals surface area contributed by atoms with E-state index in [9.17, 15) is 5.11 Å². The van der Waals surface area contributed by atoms with Crippen LogP contribution in [0.4, 0.5) is 0 Å². The minimum Gasteiger partial charge on any atom is -0.385 e. The Kier molecular flexibility index (Phi) is 4.26. The van der Waals surface area contributed by atoms with Crippen molar-refractivity contribution in [1.82, 2.24) is 4.90 Å². The van der Waals surface area contributed by atoms with Crippen LogP contribution < -0.4 is 0 Å².